The molecule has 0 radical (unpaired) electrons. The van der Waals surface area contributed by atoms with E-state index in [0.717, 1.165) is 0 Å². The van der Waals surface area contributed by atoms with Gasteiger partial charge in [-0.2, -0.15) is 4.31 Å². The van der Waals surface area contributed by atoms with Crippen molar-refractivity contribution in [2.24, 2.45) is 5.92 Å². The third-order valence-corrected chi connectivity index (χ3v) is 5.88. The van der Waals surface area contributed by atoms with E-state index >= 15 is 0 Å². The standard InChI is InChI=1S/C15H20N2O4S/c1-11(18)12-3-5-14(6-4-12)22(20,21)17-9-7-13(8-10-17)15(19)16-2/h3-6,13H,7-10H2,1-2H3,(H,16,19). The molecule has 1 heterocycles. The van der Waals surface area contributed by atoms with Gasteiger partial charge in [0.25, 0.3) is 0 Å². The summed E-state index contributed by atoms with van der Waals surface area (Å²) >= 11 is 0. The van der Waals surface area contributed by atoms with Gasteiger partial charge in [-0.15, -0.1) is 0 Å². The van der Waals surface area contributed by atoms with Crippen molar-refractivity contribution < 1.29 is 18.0 Å². The van der Waals surface area contributed by atoms with E-state index in [1.165, 1.54) is 35.5 Å². The van der Waals surface area contributed by atoms with E-state index in [9.17, 15) is 18.0 Å². The van der Waals surface area contributed by atoms with Gasteiger partial charge in [0, 0.05) is 31.6 Å². The van der Waals surface area contributed by atoms with Gasteiger partial charge in [0.1, 0.15) is 0 Å². The highest BCUT2D eigenvalue weighted by Crippen LogP contribution is 2.24. The smallest absolute Gasteiger partial charge is 0.243 e. The zero-order valence-corrected chi connectivity index (χ0v) is 13.5. The van der Waals surface area contributed by atoms with Crippen LogP contribution in [0, 0.1) is 5.92 Å². The van der Waals surface area contributed by atoms with Crippen LogP contribution in [0.3, 0.4) is 0 Å². The molecule has 1 N–H and O–H groups in total. The Hall–Kier alpha value is -1.73. The minimum Gasteiger partial charge on any atom is -0.359 e. The Morgan fingerprint density at radius 2 is 1.68 bits per heavy atom. The molecule has 0 unspecified atom stereocenters. The number of carbonyl (C=O) groups excluding carboxylic acids is 2. The maximum absolute atomic E-state index is 12.6. The van der Waals surface area contributed by atoms with Crippen LogP contribution in [-0.2, 0) is 14.8 Å². The van der Waals surface area contributed by atoms with Gasteiger partial charge in [0.05, 0.1) is 4.90 Å². The minimum atomic E-state index is -3.57. The molecule has 2 rings (SSSR count). The van der Waals surface area contributed by atoms with Gasteiger partial charge in [0.2, 0.25) is 15.9 Å². The fraction of sp³-hybridized carbons (Fsp3) is 0.467. The number of nitrogens with zero attached hydrogens (tertiary/aromatic N) is 1. The van der Waals surface area contributed by atoms with E-state index in [1.54, 1.807) is 7.05 Å². The molecule has 1 amide bonds. The fourth-order valence-electron chi connectivity index (χ4n) is 2.57. The summed E-state index contributed by atoms with van der Waals surface area (Å²) in [5, 5.41) is 2.60. The first kappa shape index (κ1) is 16.6. The number of amides is 1. The third kappa shape index (κ3) is 3.36. The van der Waals surface area contributed by atoms with Gasteiger partial charge >= 0.3 is 0 Å². The van der Waals surface area contributed by atoms with Crippen molar-refractivity contribution in [3.05, 3.63) is 29.8 Å². The van der Waals surface area contributed by atoms with Crippen LogP contribution in [0.1, 0.15) is 30.1 Å². The summed E-state index contributed by atoms with van der Waals surface area (Å²) < 4.78 is 26.5. The number of piperidine rings is 1. The number of hydrogen-bond donors (Lipinski definition) is 1. The van der Waals surface area contributed by atoms with E-state index < -0.39 is 10.0 Å². The van der Waals surface area contributed by atoms with Crippen LogP contribution in [0.25, 0.3) is 0 Å². The highest BCUT2D eigenvalue weighted by Gasteiger charge is 2.31. The van der Waals surface area contributed by atoms with E-state index in [4.69, 9.17) is 0 Å². The maximum Gasteiger partial charge on any atom is 0.243 e. The largest absolute Gasteiger partial charge is 0.359 e. The lowest BCUT2D eigenvalue weighted by molar-refractivity contribution is -0.125. The zero-order valence-electron chi connectivity index (χ0n) is 12.7. The SMILES string of the molecule is CNC(=O)C1CCN(S(=O)(=O)c2ccc(C(C)=O)cc2)CC1. The molecule has 1 aliphatic rings. The first-order chi connectivity index (χ1) is 10.4. The highest BCUT2D eigenvalue weighted by atomic mass is 32.2. The van der Waals surface area contributed by atoms with Crippen molar-refractivity contribution in [2.45, 2.75) is 24.7 Å². The number of Topliss-reactive ketones (excluding diaryl/α,β-unsaturated/α-hetero) is 1. The Kier molecular flexibility index (Phi) is 4.97. The lowest BCUT2D eigenvalue weighted by Crippen LogP contribution is -2.42. The van der Waals surface area contributed by atoms with Crippen LogP contribution >= 0.6 is 0 Å². The van der Waals surface area contributed by atoms with Crippen LogP contribution in [0.4, 0.5) is 0 Å². The molecule has 120 valence electrons. The quantitative estimate of drug-likeness (QED) is 0.839. The van der Waals surface area contributed by atoms with Crippen molar-refractivity contribution in [1.29, 1.82) is 0 Å². The molecular formula is C15H20N2O4S. The van der Waals surface area contributed by atoms with Crippen LogP contribution in [0.2, 0.25) is 0 Å². The summed E-state index contributed by atoms with van der Waals surface area (Å²) in [6, 6.07) is 5.95. The minimum absolute atomic E-state index is 0.0390. The van der Waals surface area contributed by atoms with Crippen molar-refractivity contribution in [2.75, 3.05) is 20.1 Å². The van der Waals surface area contributed by atoms with Gasteiger partial charge in [-0.1, -0.05) is 12.1 Å². The molecular weight excluding hydrogens is 304 g/mol. The topological polar surface area (TPSA) is 83.6 Å². The predicted octanol–water partition coefficient (Wildman–Crippen LogP) is 1.04. The average molecular weight is 324 g/mol. The number of carbonyl (C=O) groups is 2. The molecule has 1 saturated heterocycles. The molecule has 0 atom stereocenters. The lowest BCUT2D eigenvalue weighted by atomic mass is 9.97. The van der Waals surface area contributed by atoms with E-state index in [1.807, 2.05) is 0 Å². The second-order valence-electron chi connectivity index (χ2n) is 5.37. The Morgan fingerprint density at radius 3 is 2.14 bits per heavy atom. The van der Waals surface area contributed by atoms with E-state index in [2.05, 4.69) is 5.32 Å². The predicted molar refractivity (Wildman–Crippen MR) is 82.0 cm³/mol. The molecule has 0 aromatic heterocycles. The first-order valence-corrected chi connectivity index (χ1v) is 8.63. The number of ketones is 1. The average Bonchev–Trinajstić information content (AvgIpc) is 2.54. The number of rotatable bonds is 4. The van der Waals surface area contributed by atoms with Crippen molar-refractivity contribution in [1.82, 2.24) is 9.62 Å². The summed E-state index contributed by atoms with van der Waals surface area (Å²) in [7, 11) is -1.98. The van der Waals surface area contributed by atoms with Crippen LogP contribution < -0.4 is 5.32 Å². The molecule has 1 aromatic rings. The molecule has 0 bridgehead atoms. The van der Waals surface area contributed by atoms with Crippen molar-refractivity contribution >= 4 is 21.7 Å². The molecule has 6 nitrogen and oxygen atoms in total. The molecule has 1 aromatic carbocycles. The molecule has 0 aliphatic carbocycles. The van der Waals surface area contributed by atoms with Gasteiger partial charge in [-0.25, -0.2) is 8.42 Å². The lowest BCUT2D eigenvalue weighted by Gasteiger charge is -2.30. The van der Waals surface area contributed by atoms with Crippen molar-refractivity contribution in [3.8, 4) is 0 Å². The monoisotopic (exact) mass is 324 g/mol. The van der Waals surface area contributed by atoms with Crippen LogP contribution in [-0.4, -0.2) is 44.6 Å². The number of hydrogen-bond acceptors (Lipinski definition) is 4. The summed E-state index contributed by atoms with van der Waals surface area (Å²) in [5.41, 5.74) is 0.484. The normalized spacial score (nSPS) is 17.2. The number of benzene rings is 1. The molecule has 1 aliphatic heterocycles. The Bertz CT molecular complexity index is 659. The summed E-state index contributed by atoms with van der Waals surface area (Å²) in [4.78, 5) is 23.0. The fourth-order valence-corrected chi connectivity index (χ4v) is 4.04. The Balaban J connectivity index is 2.11. The second-order valence-corrected chi connectivity index (χ2v) is 7.31. The van der Waals surface area contributed by atoms with Gasteiger partial charge in [-0.05, 0) is 31.9 Å². The number of nitrogens with one attached hydrogen (secondary N) is 1. The summed E-state index contributed by atoms with van der Waals surface area (Å²) in [6.07, 6.45) is 1.04. The third-order valence-electron chi connectivity index (χ3n) is 3.97. The Labute approximate surface area is 130 Å². The van der Waals surface area contributed by atoms with Crippen molar-refractivity contribution in [3.63, 3.8) is 0 Å². The Morgan fingerprint density at radius 1 is 1.14 bits per heavy atom. The maximum atomic E-state index is 12.6. The highest BCUT2D eigenvalue weighted by molar-refractivity contribution is 7.89. The molecule has 1 fully saturated rings. The molecule has 22 heavy (non-hydrogen) atoms. The summed E-state index contributed by atoms with van der Waals surface area (Å²) in [5.74, 6) is -0.269. The molecule has 0 spiro atoms. The van der Waals surface area contributed by atoms with Crippen LogP contribution in [0.15, 0.2) is 29.2 Å². The van der Waals surface area contributed by atoms with Gasteiger partial charge in [-0.3, -0.25) is 9.59 Å². The van der Waals surface area contributed by atoms with Gasteiger partial charge in [0.15, 0.2) is 5.78 Å². The summed E-state index contributed by atoms with van der Waals surface area (Å²) in [6.45, 7) is 2.09. The molecule has 7 heteroatoms. The van der Waals surface area contributed by atoms with E-state index in [0.29, 0.717) is 31.5 Å². The first-order valence-electron chi connectivity index (χ1n) is 7.19. The van der Waals surface area contributed by atoms with Crippen LogP contribution in [0.5, 0.6) is 0 Å². The van der Waals surface area contributed by atoms with Gasteiger partial charge < -0.3 is 5.32 Å². The van der Waals surface area contributed by atoms with E-state index in [-0.39, 0.29) is 22.5 Å². The molecule has 0 saturated carbocycles. The number of sulfonamides is 1. The second kappa shape index (κ2) is 6.58. The zero-order chi connectivity index (χ0) is 16.3.